The highest BCUT2D eigenvalue weighted by atomic mass is 32.1. The highest BCUT2D eigenvalue weighted by Crippen LogP contribution is 2.22. The molecule has 0 fully saturated rings. The summed E-state index contributed by atoms with van der Waals surface area (Å²) in [6.45, 7) is 10.5. The molecule has 2 N–H and O–H groups in total. The van der Waals surface area contributed by atoms with E-state index in [1.165, 1.54) is 11.1 Å². The molecule has 2 rings (SSSR count). The van der Waals surface area contributed by atoms with Crippen LogP contribution in [-0.2, 0) is 5.41 Å². The number of thiocarbonyl (C=S) groups is 1. The van der Waals surface area contributed by atoms with E-state index in [1.807, 2.05) is 50.2 Å². The second kappa shape index (κ2) is 7.14. The summed E-state index contributed by atoms with van der Waals surface area (Å²) in [4.78, 5) is 12.3. The normalized spacial score (nSPS) is 11.0. The molecule has 0 bridgehead atoms. The molecule has 0 heterocycles. The first-order chi connectivity index (χ1) is 11.2. The summed E-state index contributed by atoms with van der Waals surface area (Å²) in [6.07, 6.45) is 0. The van der Waals surface area contributed by atoms with Gasteiger partial charge in [-0.1, -0.05) is 50.6 Å². The predicted molar refractivity (Wildman–Crippen MR) is 105 cm³/mol. The van der Waals surface area contributed by atoms with Gasteiger partial charge in [-0.2, -0.15) is 0 Å². The van der Waals surface area contributed by atoms with Crippen molar-refractivity contribution in [2.75, 3.05) is 5.32 Å². The molecule has 0 saturated heterocycles. The molecular weight excluding hydrogens is 316 g/mol. The lowest BCUT2D eigenvalue weighted by atomic mass is 9.87. The fourth-order valence-corrected chi connectivity index (χ4v) is 2.61. The van der Waals surface area contributed by atoms with Crippen molar-refractivity contribution in [3.05, 3.63) is 64.7 Å². The topological polar surface area (TPSA) is 41.1 Å². The van der Waals surface area contributed by atoms with Crippen molar-refractivity contribution in [1.29, 1.82) is 0 Å². The van der Waals surface area contributed by atoms with Crippen LogP contribution in [0.15, 0.2) is 42.5 Å². The van der Waals surface area contributed by atoms with Gasteiger partial charge in [-0.15, -0.1) is 0 Å². The van der Waals surface area contributed by atoms with E-state index >= 15 is 0 Å². The van der Waals surface area contributed by atoms with Crippen LogP contribution in [0.3, 0.4) is 0 Å². The van der Waals surface area contributed by atoms with Crippen LogP contribution in [0, 0.1) is 13.8 Å². The Labute approximate surface area is 149 Å². The largest absolute Gasteiger partial charge is 0.332 e. The van der Waals surface area contributed by atoms with E-state index in [0.29, 0.717) is 10.7 Å². The van der Waals surface area contributed by atoms with E-state index in [4.69, 9.17) is 12.2 Å². The molecule has 0 unspecified atom stereocenters. The van der Waals surface area contributed by atoms with E-state index in [-0.39, 0.29) is 11.3 Å². The molecule has 0 aromatic heterocycles. The number of amides is 1. The summed E-state index contributed by atoms with van der Waals surface area (Å²) >= 11 is 5.25. The number of carbonyl (C=O) groups is 1. The van der Waals surface area contributed by atoms with E-state index < -0.39 is 0 Å². The van der Waals surface area contributed by atoms with Crippen LogP contribution in [0.1, 0.15) is 47.8 Å². The quantitative estimate of drug-likeness (QED) is 0.777. The minimum atomic E-state index is -0.210. The first-order valence-corrected chi connectivity index (χ1v) is 8.38. The molecule has 4 heteroatoms. The lowest BCUT2D eigenvalue weighted by Crippen LogP contribution is -2.34. The van der Waals surface area contributed by atoms with Gasteiger partial charge in [0.1, 0.15) is 0 Å². The Morgan fingerprint density at radius 3 is 2.17 bits per heavy atom. The van der Waals surface area contributed by atoms with Crippen molar-refractivity contribution in [2.24, 2.45) is 0 Å². The molecule has 0 saturated carbocycles. The average Bonchev–Trinajstić information content (AvgIpc) is 2.49. The number of hydrogen-bond donors (Lipinski definition) is 2. The molecule has 0 aliphatic heterocycles. The summed E-state index contributed by atoms with van der Waals surface area (Å²) in [7, 11) is 0. The smallest absolute Gasteiger partial charge is 0.257 e. The fourth-order valence-electron chi connectivity index (χ4n) is 2.40. The van der Waals surface area contributed by atoms with Crippen molar-refractivity contribution in [1.82, 2.24) is 5.32 Å². The van der Waals surface area contributed by atoms with Crippen molar-refractivity contribution in [3.8, 4) is 0 Å². The summed E-state index contributed by atoms with van der Waals surface area (Å²) in [5.41, 5.74) is 5.01. The first-order valence-electron chi connectivity index (χ1n) is 7.97. The zero-order valence-electron chi connectivity index (χ0n) is 14.9. The Morgan fingerprint density at radius 2 is 1.62 bits per heavy atom. The van der Waals surface area contributed by atoms with Gasteiger partial charge < -0.3 is 5.32 Å². The van der Waals surface area contributed by atoms with Gasteiger partial charge in [-0.3, -0.25) is 10.1 Å². The summed E-state index contributed by atoms with van der Waals surface area (Å²) < 4.78 is 0. The maximum absolute atomic E-state index is 12.3. The molecular formula is C20H24N2OS. The van der Waals surface area contributed by atoms with Crippen LogP contribution in [0.25, 0.3) is 0 Å². The molecule has 24 heavy (non-hydrogen) atoms. The lowest BCUT2D eigenvalue weighted by Gasteiger charge is -2.19. The molecule has 0 aliphatic carbocycles. The number of benzene rings is 2. The third kappa shape index (κ3) is 4.65. The van der Waals surface area contributed by atoms with Crippen molar-refractivity contribution in [3.63, 3.8) is 0 Å². The van der Waals surface area contributed by atoms with Crippen molar-refractivity contribution < 1.29 is 4.79 Å². The lowest BCUT2D eigenvalue weighted by molar-refractivity contribution is 0.0977. The Kier molecular flexibility index (Phi) is 5.40. The van der Waals surface area contributed by atoms with Crippen LogP contribution >= 0.6 is 12.2 Å². The van der Waals surface area contributed by atoms with Gasteiger partial charge in [0, 0.05) is 11.3 Å². The van der Waals surface area contributed by atoms with Gasteiger partial charge in [0.2, 0.25) is 0 Å². The van der Waals surface area contributed by atoms with Gasteiger partial charge in [-0.05, 0) is 60.8 Å². The number of rotatable bonds is 2. The second-order valence-electron chi connectivity index (χ2n) is 7.05. The zero-order valence-corrected chi connectivity index (χ0v) is 15.7. The second-order valence-corrected chi connectivity index (χ2v) is 7.46. The van der Waals surface area contributed by atoms with Crippen molar-refractivity contribution >= 4 is 28.9 Å². The average molecular weight is 340 g/mol. The third-order valence-electron chi connectivity index (χ3n) is 3.87. The summed E-state index contributed by atoms with van der Waals surface area (Å²) in [5, 5.41) is 6.10. The molecule has 126 valence electrons. The molecule has 0 aliphatic rings. The van der Waals surface area contributed by atoms with Crippen LogP contribution in [-0.4, -0.2) is 11.0 Å². The monoisotopic (exact) mass is 340 g/mol. The van der Waals surface area contributed by atoms with Crippen molar-refractivity contribution in [2.45, 2.75) is 40.0 Å². The number of nitrogens with one attached hydrogen (secondary N) is 2. The Morgan fingerprint density at radius 1 is 1.00 bits per heavy atom. The van der Waals surface area contributed by atoms with E-state index in [0.717, 1.165) is 11.3 Å². The van der Waals surface area contributed by atoms with Crippen LogP contribution < -0.4 is 10.6 Å². The van der Waals surface area contributed by atoms with Crippen LogP contribution in [0.5, 0.6) is 0 Å². The molecule has 3 nitrogen and oxygen atoms in total. The molecule has 2 aromatic carbocycles. The van der Waals surface area contributed by atoms with Gasteiger partial charge in [0.25, 0.3) is 5.91 Å². The molecule has 1 amide bonds. The van der Waals surface area contributed by atoms with Crippen LogP contribution in [0.4, 0.5) is 5.69 Å². The first kappa shape index (κ1) is 18.1. The maximum Gasteiger partial charge on any atom is 0.257 e. The highest BCUT2D eigenvalue weighted by Gasteiger charge is 2.14. The minimum Gasteiger partial charge on any atom is -0.332 e. The number of aryl methyl sites for hydroxylation is 2. The molecule has 2 aromatic rings. The summed E-state index contributed by atoms with van der Waals surface area (Å²) in [6, 6.07) is 13.7. The van der Waals surface area contributed by atoms with Crippen LogP contribution in [0.2, 0.25) is 0 Å². The van der Waals surface area contributed by atoms with E-state index in [1.54, 1.807) is 0 Å². The summed E-state index contributed by atoms with van der Waals surface area (Å²) in [5.74, 6) is -0.210. The van der Waals surface area contributed by atoms with Gasteiger partial charge in [0.15, 0.2) is 5.11 Å². The van der Waals surface area contributed by atoms with E-state index in [9.17, 15) is 4.79 Å². The zero-order chi connectivity index (χ0) is 17.9. The van der Waals surface area contributed by atoms with Gasteiger partial charge in [0.05, 0.1) is 0 Å². The Bertz CT molecular complexity index is 758. The number of hydrogen-bond acceptors (Lipinski definition) is 2. The maximum atomic E-state index is 12.3. The molecule has 0 spiro atoms. The Hall–Kier alpha value is -2.20. The predicted octanol–water partition coefficient (Wildman–Crippen LogP) is 4.73. The molecule has 0 radical (unpaired) electrons. The third-order valence-corrected chi connectivity index (χ3v) is 4.07. The van der Waals surface area contributed by atoms with Gasteiger partial charge >= 0.3 is 0 Å². The number of carbonyl (C=O) groups excluding carboxylic acids is 1. The van der Waals surface area contributed by atoms with Gasteiger partial charge in [-0.25, -0.2) is 0 Å². The molecule has 0 atom stereocenters. The Balaban J connectivity index is 2.02. The standard InChI is InChI=1S/C20H24N2OS/c1-13-6-11-17(14(2)12-13)21-19(24)22-18(23)15-7-9-16(10-8-15)20(3,4)5/h6-12H,1-5H3,(H2,21,22,23,24). The van der Waals surface area contributed by atoms with E-state index in [2.05, 4.69) is 37.5 Å². The highest BCUT2D eigenvalue weighted by molar-refractivity contribution is 7.80. The SMILES string of the molecule is Cc1ccc(NC(=S)NC(=O)c2ccc(C(C)(C)C)cc2)c(C)c1. The number of anilines is 1. The fraction of sp³-hybridized carbons (Fsp3) is 0.300. The minimum absolute atomic E-state index is 0.0643.